The van der Waals surface area contributed by atoms with E-state index in [2.05, 4.69) is 9.88 Å². The van der Waals surface area contributed by atoms with E-state index >= 15 is 0 Å². The van der Waals surface area contributed by atoms with Crippen molar-refractivity contribution < 1.29 is 13.9 Å². The van der Waals surface area contributed by atoms with Gasteiger partial charge in [-0.1, -0.05) is 18.2 Å². The number of carbonyl (C=O) groups excluding carboxylic acids is 1. The topological polar surface area (TPSA) is 62.1 Å². The summed E-state index contributed by atoms with van der Waals surface area (Å²) in [6.45, 7) is 6.62. The number of amides is 2. The minimum absolute atomic E-state index is 0.140. The molecule has 26 heavy (non-hydrogen) atoms. The molecule has 2 aliphatic rings. The molecule has 3 heterocycles. The van der Waals surface area contributed by atoms with Gasteiger partial charge in [0.2, 0.25) is 5.89 Å². The molecule has 0 aliphatic carbocycles. The van der Waals surface area contributed by atoms with Crippen LogP contribution < -0.4 is 0 Å². The van der Waals surface area contributed by atoms with Crippen LogP contribution in [0.2, 0.25) is 0 Å². The van der Waals surface area contributed by atoms with E-state index in [1.807, 2.05) is 40.1 Å². The lowest BCUT2D eigenvalue weighted by atomic mass is 10.2. The normalized spacial score (nSPS) is 18.9. The lowest BCUT2D eigenvalue weighted by molar-refractivity contribution is 0.0372. The molecule has 0 bridgehead atoms. The van der Waals surface area contributed by atoms with Gasteiger partial charge in [0, 0.05) is 51.4 Å². The number of urea groups is 1. The van der Waals surface area contributed by atoms with Gasteiger partial charge in [-0.2, -0.15) is 0 Å². The Morgan fingerprint density at radius 3 is 2.38 bits per heavy atom. The van der Waals surface area contributed by atoms with Crippen LogP contribution in [0.4, 0.5) is 4.79 Å². The molecule has 2 aromatic rings. The van der Waals surface area contributed by atoms with Crippen LogP contribution in [0.25, 0.3) is 11.5 Å². The van der Waals surface area contributed by atoms with Gasteiger partial charge in [-0.3, -0.25) is 4.90 Å². The quantitative estimate of drug-likeness (QED) is 0.841. The van der Waals surface area contributed by atoms with Crippen molar-refractivity contribution in [2.24, 2.45) is 0 Å². The molecular weight excluding hydrogens is 332 g/mol. The molecule has 2 saturated heterocycles. The minimum Gasteiger partial charge on any atom is -0.444 e. The molecule has 0 spiro atoms. The summed E-state index contributed by atoms with van der Waals surface area (Å²) in [5.74, 6) is 0.654. The van der Waals surface area contributed by atoms with Crippen LogP contribution >= 0.6 is 0 Å². The molecule has 0 N–H and O–H groups in total. The van der Waals surface area contributed by atoms with Crippen LogP contribution in [0.1, 0.15) is 5.69 Å². The van der Waals surface area contributed by atoms with Gasteiger partial charge in [-0.15, -0.1) is 0 Å². The zero-order valence-electron chi connectivity index (χ0n) is 14.8. The van der Waals surface area contributed by atoms with Gasteiger partial charge in [0.1, 0.15) is 6.26 Å². The largest absolute Gasteiger partial charge is 0.444 e. The van der Waals surface area contributed by atoms with Crippen LogP contribution in [-0.4, -0.2) is 78.2 Å². The molecular formula is C19H24N4O3. The van der Waals surface area contributed by atoms with E-state index in [0.717, 1.165) is 44.0 Å². The van der Waals surface area contributed by atoms with E-state index in [1.165, 1.54) is 0 Å². The van der Waals surface area contributed by atoms with Crippen LogP contribution in [-0.2, 0) is 11.3 Å². The monoisotopic (exact) mass is 356 g/mol. The molecule has 138 valence electrons. The average Bonchev–Trinajstić information content (AvgIpc) is 3.18. The number of ether oxygens (including phenoxy) is 1. The van der Waals surface area contributed by atoms with Gasteiger partial charge in [0.15, 0.2) is 0 Å². The SMILES string of the molecule is O=C(N1CCOCC1)N1CCN(Cc2coc(-c3ccccc3)n2)CC1. The summed E-state index contributed by atoms with van der Waals surface area (Å²) in [6.07, 6.45) is 1.73. The van der Waals surface area contributed by atoms with E-state index in [0.29, 0.717) is 32.2 Å². The van der Waals surface area contributed by atoms with E-state index in [4.69, 9.17) is 9.15 Å². The Labute approximate surface area is 153 Å². The summed E-state index contributed by atoms with van der Waals surface area (Å²) in [7, 11) is 0. The number of benzene rings is 1. The summed E-state index contributed by atoms with van der Waals surface area (Å²) >= 11 is 0. The van der Waals surface area contributed by atoms with Crippen LogP contribution in [0, 0.1) is 0 Å². The standard InChI is InChI=1S/C19H24N4O3/c24-19(23-10-12-25-13-11-23)22-8-6-21(7-9-22)14-17-15-26-18(20-17)16-4-2-1-3-5-16/h1-5,15H,6-14H2. The van der Waals surface area contributed by atoms with E-state index in [-0.39, 0.29) is 6.03 Å². The van der Waals surface area contributed by atoms with Gasteiger partial charge in [0.05, 0.1) is 18.9 Å². The maximum absolute atomic E-state index is 12.5. The fourth-order valence-corrected chi connectivity index (χ4v) is 3.37. The molecule has 0 radical (unpaired) electrons. The average molecular weight is 356 g/mol. The zero-order valence-corrected chi connectivity index (χ0v) is 14.8. The van der Waals surface area contributed by atoms with E-state index in [1.54, 1.807) is 6.26 Å². The summed E-state index contributed by atoms with van der Waals surface area (Å²) in [5, 5.41) is 0. The van der Waals surface area contributed by atoms with Gasteiger partial charge in [-0.05, 0) is 12.1 Å². The van der Waals surface area contributed by atoms with E-state index in [9.17, 15) is 4.79 Å². The van der Waals surface area contributed by atoms with Gasteiger partial charge in [-0.25, -0.2) is 9.78 Å². The fraction of sp³-hybridized carbons (Fsp3) is 0.474. The first-order valence-corrected chi connectivity index (χ1v) is 9.13. The smallest absolute Gasteiger partial charge is 0.320 e. The Bertz CT molecular complexity index is 719. The third-order valence-corrected chi connectivity index (χ3v) is 4.88. The predicted molar refractivity (Wildman–Crippen MR) is 96.6 cm³/mol. The number of morpholine rings is 1. The number of oxazole rings is 1. The third-order valence-electron chi connectivity index (χ3n) is 4.88. The Morgan fingerprint density at radius 2 is 1.65 bits per heavy atom. The Hall–Kier alpha value is -2.38. The summed E-state index contributed by atoms with van der Waals surface area (Å²) in [6, 6.07) is 10.1. The molecule has 7 nitrogen and oxygen atoms in total. The molecule has 2 amide bonds. The van der Waals surface area contributed by atoms with Crippen molar-refractivity contribution in [2.75, 3.05) is 52.5 Å². The Morgan fingerprint density at radius 1 is 0.962 bits per heavy atom. The highest BCUT2D eigenvalue weighted by Crippen LogP contribution is 2.19. The highest BCUT2D eigenvalue weighted by Gasteiger charge is 2.26. The molecule has 2 fully saturated rings. The van der Waals surface area contributed by atoms with Crippen molar-refractivity contribution >= 4 is 6.03 Å². The Kier molecular flexibility index (Phi) is 5.17. The van der Waals surface area contributed by atoms with Crippen molar-refractivity contribution in [2.45, 2.75) is 6.54 Å². The first kappa shape index (κ1) is 17.1. The molecule has 0 saturated carbocycles. The molecule has 7 heteroatoms. The summed E-state index contributed by atoms with van der Waals surface area (Å²) in [5.41, 5.74) is 1.91. The number of carbonyl (C=O) groups is 1. The second-order valence-corrected chi connectivity index (χ2v) is 6.66. The summed E-state index contributed by atoms with van der Waals surface area (Å²) in [4.78, 5) is 23.3. The molecule has 2 aliphatic heterocycles. The maximum Gasteiger partial charge on any atom is 0.320 e. The molecule has 1 aromatic heterocycles. The number of nitrogens with zero attached hydrogens (tertiary/aromatic N) is 4. The van der Waals surface area contributed by atoms with Crippen LogP contribution in [0.5, 0.6) is 0 Å². The Balaban J connectivity index is 1.29. The number of hydrogen-bond donors (Lipinski definition) is 0. The van der Waals surface area contributed by atoms with Crippen molar-refractivity contribution in [3.8, 4) is 11.5 Å². The van der Waals surface area contributed by atoms with Gasteiger partial charge >= 0.3 is 6.03 Å². The van der Waals surface area contributed by atoms with Crippen molar-refractivity contribution in [1.29, 1.82) is 0 Å². The number of rotatable bonds is 3. The second kappa shape index (κ2) is 7.88. The maximum atomic E-state index is 12.5. The fourth-order valence-electron chi connectivity index (χ4n) is 3.37. The van der Waals surface area contributed by atoms with Gasteiger partial charge in [0.25, 0.3) is 0 Å². The first-order chi connectivity index (χ1) is 12.8. The molecule has 1 aromatic carbocycles. The zero-order chi connectivity index (χ0) is 17.8. The third kappa shape index (κ3) is 3.89. The highest BCUT2D eigenvalue weighted by atomic mass is 16.5. The highest BCUT2D eigenvalue weighted by molar-refractivity contribution is 5.74. The lowest BCUT2D eigenvalue weighted by Crippen LogP contribution is -2.54. The van der Waals surface area contributed by atoms with Crippen molar-refractivity contribution in [3.63, 3.8) is 0 Å². The first-order valence-electron chi connectivity index (χ1n) is 9.13. The van der Waals surface area contributed by atoms with Gasteiger partial charge < -0.3 is 19.0 Å². The van der Waals surface area contributed by atoms with E-state index < -0.39 is 0 Å². The van der Waals surface area contributed by atoms with Crippen molar-refractivity contribution in [1.82, 2.24) is 19.7 Å². The molecule has 0 atom stereocenters. The number of aromatic nitrogens is 1. The van der Waals surface area contributed by atoms with Crippen LogP contribution in [0.3, 0.4) is 0 Å². The van der Waals surface area contributed by atoms with Crippen molar-refractivity contribution in [3.05, 3.63) is 42.3 Å². The van der Waals surface area contributed by atoms with Crippen LogP contribution in [0.15, 0.2) is 41.0 Å². The lowest BCUT2D eigenvalue weighted by Gasteiger charge is -2.38. The minimum atomic E-state index is 0.140. The number of hydrogen-bond acceptors (Lipinski definition) is 5. The second-order valence-electron chi connectivity index (χ2n) is 6.66. The number of piperazine rings is 1. The molecule has 0 unspecified atom stereocenters. The molecule has 4 rings (SSSR count). The predicted octanol–water partition coefficient (Wildman–Crippen LogP) is 1.91. The summed E-state index contributed by atoms with van der Waals surface area (Å²) < 4.78 is 10.9.